The van der Waals surface area contributed by atoms with E-state index in [2.05, 4.69) is 20.7 Å². The highest BCUT2D eigenvalue weighted by Gasteiger charge is 2.23. The molecule has 2 aromatic heterocycles. The van der Waals surface area contributed by atoms with Gasteiger partial charge in [0.05, 0.1) is 13.1 Å². The van der Waals surface area contributed by atoms with Crippen molar-refractivity contribution in [3.8, 4) is 0 Å². The third-order valence-corrected chi connectivity index (χ3v) is 5.45. The van der Waals surface area contributed by atoms with Gasteiger partial charge in [0.15, 0.2) is 5.82 Å². The van der Waals surface area contributed by atoms with Crippen LogP contribution in [-0.4, -0.2) is 46.9 Å². The largest absolute Gasteiger partial charge is 0.386 e. The maximum atomic E-state index is 12.5. The molecule has 11 heteroatoms. The number of aliphatic hydroxyl groups excluding tert-OH is 1. The second-order valence-corrected chi connectivity index (χ2v) is 8.16. The minimum atomic E-state index is -0.820. The van der Waals surface area contributed by atoms with Gasteiger partial charge in [-0.2, -0.15) is 4.80 Å². The third-order valence-electron chi connectivity index (χ3n) is 5.45. The van der Waals surface area contributed by atoms with Crippen LogP contribution in [0, 0.1) is 12.8 Å². The highest BCUT2D eigenvalue weighted by molar-refractivity contribution is 5.93. The van der Waals surface area contributed by atoms with Crippen LogP contribution in [0.2, 0.25) is 0 Å². The highest BCUT2D eigenvalue weighted by Crippen LogP contribution is 2.27. The zero-order valence-electron chi connectivity index (χ0n) is 17.9. The van der Waals surface area contributed by atoms with Crippen LogP contribution in [-0.2, 0) is 20.1 Å². The lowest BCUT2D eigenvalue weighted by Crippen LogP contribution is -2.43. The molecule has 32 heavy (non-hydrogen) atoms. The Kier molecular flexibility index (Phi) is 5.99. The normalized spacial score (nSPS) is 14.3. The molecule has 11 nitrogen and oxygen atoms in total. The molecule has 0 aliphatic heterocycles. The summed E-state index contributed by atoms with van der Waals surface area (Å²) in [6.07, 6.45) is 2.55. The summed E-state index contributed by atoms with van der Waals surface area (Å²) in [4.78, 5) is 38.6. The number of hydrogen-bond donors (Lipinski definition) is 2. The monoisotopic (exact) mass is 439 g/mol. The summed E-state index contributed by atoms with van der Waals surface area (Å²) in [5.74, 6) is 0.165. The highest BCUT2D eigenvalue weighted by atomic mass is 16.3. The van der Waals surface area contributed by atoms with Crippen LogP contribution in [0.3, 0.4) is 0 Å². The molecule has 2 N–H and O–H groups in total. The first-order valence-electron chi connectivity index (χ1n) is 10.4. The van der Waals surface area contributed by atoms with Crippen molar-refractivity contribution in [1.82, 2.24) is 34.7 Å². The number of aliphatic hydroxyl groups is 1. The number of benzene rings is 1. The SMILES string of the molecule is Cc1ccc([C@@H](O)Cn2nnc(Cn3cc(C(=O)NCC4CC4)c(=O)n(C)c3=O)n2)cc1. The average molecular weight is 439 g/mol. The Morgan fingerprint density at radius 3 is 2.66 bits per heavy atom. The van der Waals surface area contributed by atoms with Crippen molar-refractivity contribution in [2.75, 3.05) is 6.54 Å². The fraction of sp³-hybridized carbons (Fsp3) is 0.429. The molecule has 3 aromatic rings. The van der Waals surface area contributed by atoms with E-state index in [1.54, 1.807) is 0 Å². The van der Waals surface area contributed by atoms with E-state index < -0.39 is 23.3 Å². The standard InChI is InChI=1S/C21H25N7O4/c1-13-3-7-15(8-4-13)17(29)11-28-24-18(23-25-28)12-27-10-16(20(31)26(2)21(27)32)19(30)22-9-14-5-6-14/h3-4,7-8,10,14,17,29H,5-6,9,11-12H2,1-2H3,(H,22,30)/t17-/m0/s1. The number of carbonyl (C=O) groups excluding carboxylic acids is 1. The Bertz CT molecular complexity index is 1240. The number of tetrazole rings is 1. The molecule has 1 saturated carbocycles. The molecule has 0 spiro atoms. The molecule has 0 bridgehead atoms. The van der Waals surface area contributed by atoms with Gasteiger partial charge in [-0.15, -0.1) is 10.2 Å². The fourth-order valence-corrected chi connectivity index (χ4v) is 3.27. The molecule has 0 radical (unpaired) electrons. The van der Waals surface area contributed by atoms with Gasteiger partial charge < -0.3 is 10.4 Å². The van der Waals surface area contributed by atoms with Crippen LogP contribution >= 0.6 is 0 Å². The van der Waals surface area contributed by atoms with Crippen molar-refractivity contribution in [1.29, 1.82) is 0 Å². The van der Waals surface area contributed by atoms with Gasteiger partial charge >= 0.3 is 5.69 Å². The maximum absolute atomic E-state index is 12.5. The van der Waals surface area contributed by atoms with Crippen molar-refractivity contribution in [3.63, 3.8) is 0 Å². The Labute approximate surface area is 183 Å². The van der Waals surface area contributed by atoms with Gasteiger partial charge in [0.2, 0.25) is 0 Å². The van der Waals surface area contributed by atoms with Crippen LogP contribution in [0.4, 0.5) is 0 Å². The first-order valence-corrected chi connectivity index (χ1v) is 10.4. The number of amides is 1. The fourth-order valence-electron chi connectivity index (χ4n) is 3.27. The van der Waals surface area contributed by atoms with Crippen LogP contribution < -0.4 is 16.6 Å². The summed E-state index contributed by atoms with van der Waals surface area (Å²) >= 11 is 0. The number of aromatic nitrogens is 6. The van der Waals surface area contributed by atoms with Crippen molar-refractivity contribution in [2.45, 2.75) is 39.0 Å². The van der Waals surface area contributed by atoms with Gasteiger partial charge in [0, 0.05) is 19.8 Å². The van der Waals surface area contributed by atoms with Gasteiger partial charge in [0.25, 0.3) is 11.5 Å². The molecule has 1 aromatic carbocycles. The van der Waals surface area contributed by atoms with Gasteiger partial charge in [-0.1, -0.05) is 29.8 Å². The Morgan fingerprint density at radius 2 is 1.97 bits per heavy atom. The van der Waals surface area contributed by atoms with E-state index in [9.17, 15) is 19.5 Å². The lowest BCUT2D eigenvalue weighted by molar-refractivity contribution is 0.0948. The van der Waals surface area contributed by atoms with E-state index >= 15 is 0 Å². The van der Waals surface area contributed by atoms with Gasteiger partial charge in [-0.3, -0.25) is 18.7 Å². The molecule has 4 rings (SSSR count). The number of hydrogen-bond acceptors (Lipinski definition) is 7. The lowest BCUT2D eigenvalue weighted by atomic mass is 10.1. The Hall–Kier alpha value is -3.60. The molecule has 1 amide bonds. The molecule has 0 unspecified atom stereocenters. The Balaban J connectivity index is 1.49. The maximum Gasteiger partial charge on any atom is 0.331 e. The summed E-state index contributed by atoms with van der Waals surface area (Å²) in [6.45, 7) is 2.49. The molecule has 1 fully saturated rings. The second-order valence-electron chi connectivity index (χ2n) is 8.16. The summed E-state index contributed by atoms with van der Waals surface area (Å²) in [7, 11) is 1.32. The number of carbonyl (C=O) groups is 1. The number of rotatable bonds is 8. The van der Waals surface area contributed by atoms with Crippen molar-refractivity contribution >= 4 is 5.91 Å². The average Bonchev–Trinajstić information content (AvgIpc) is 3.51. The van der Waals surface area contributed by atoms with E-state index in [0.29, 0.717) is 12.5 Å². The van der Waals surface area contributed by atoms with Crippen LogP contribution in [0.5, 0.6) is 0 Å². The van der Waals surface area contributed by atoms with E-state index in [1.165, 1.54) is 22.6 Å². The lowest BCUT2D eigenvalue weighted by Gasteiger charge is -2.10. The van der Waals surface area contributed by atoms with Crippen LogP contribution in [0.1, 0.15) is 46.3 Å². The number of nitrogens with one attached hydrogen (secondary N) is 1. The third kappa shape index (κ3) is 4.83. The second kappa shape index (κ2) is 8.87. The molecule has 168 valence electrons. The van der Waals surface area contributed by atoms with E-state index in [4.69, 9.17) is 0 Å². The van der Waals surface area contributed by atoms with Gasteiger partial charge in [-0.05, 0) is 36.5 Å². The minimum absolute atomic E-state index is 0.0729. The molecule has 2 heterocycles. The van der Waals surface area contributed by atoms with E-state index in [-0.39, 0.29) is 24.5 Å². The van der Waals surface area contributed by atoms with E-state index in [1.807, 2.05) is 31.2 Å². The van der Waals surface area contributed by atoms with Crippen molar-refractivity contribution in [3.05, 3.63) is 73.8 Å². The number of aryl methyl sites for hydroxylation is 1. The quantitative estimate of drug-likeness (QED) is 0.494. The molecule has 0 saturated heterocycles. The van der Waals surface area contributed by atoms with Gasteiger partial charge in [0.1, 0.15) is 11.7 Å². The predicted molar refractivity (Wildman–Crippen MR) is 114 cm³/mol. The summed E-state index contributed by atoms with van der Waals surface area (Å²) < 4.78 is 2.09. The molecule has 1 aliphatic rings. The predicted octanol–water partition coefficient (Wildman–Crippen LogP) is -0.236. The summed E-state index contributed by atoms with van der Waals surface area (Å²) in [5, 5.41) is 25.2. The summed E-state index contributed by atoms with van der Waals surface area (Å²) in [6, 6.07) is 7.47. The smallest absolute Gasteiger partial charge is 0.331 e. The zero-order chi connectivity index (χ0) is 22.8. The minimum Gasteiger partial charge on any atom is -0.386 e. The molecule has 1 atom stereocenters. The van der Waals surface area contributed by atoms with Crippen LogP contribution in [0.25, 0.3) is 0 Å². The zero-order valence-corrected chi connectivity index (χ0v) is 17.9. The first kappa shape index (κ1) is 21.6. The van der Waals surface area contributed by atoms with Crippen molar-refractivity contribution in [2.24, 2.45) is 13.0 Å². The van der Waals surface area contributed by atoms with Crippen LogP contribution in [0.15, 0.2) is 40.1 Å². The molecular weight excluding hydrogens is 414 g/mol. The summed E-state index contributed by atoms with van der Waals surface area (Å²) in [5.41, 5.74) is 0.452. The molecular formula is C21H25N7O4. The topological polar surface area (TPSA) is 137 Å². The molecule has 1 aliphatic carbocycles. The number of nitrogens with zero attached hydrogens (tertiary/aromatic N) is 6. The van der Waals surface area contributed by atoms with Crippen molar-refractivity contribution < 1.29 is 9.90 Å². The first-order chi connectivity index (χ1) is 15.3. The van der Waals surface area contributed by atoms with Gasteiger partial charge in [-0.25, -0.2) is 4.79 Å². The van der Waals surface area contributed by atoms with E-state index in [0.717, 1.165) is 28.5 Å². The Morgan fingerprint density at radius 1 is 1.25 bits per heavy atom.